The minimum Gasteiger partial charge on any atom is -0.355 e. The molecule has 0 aliphatic carbocycles. The molecule has 0 saturated carbocycles. The van der Waals surface area contributed by atoms with E-state index >= 15 is 0 Å². The molecule has 2 heterocycles. The Kier molecular flexibility index (Phi) is 7.31. The summed E-state index contributed by atoms with van der Waals surface area (Å²) in [6.45, 7) is 4.25. The molecule has 9 nitrogen and oxygen atoms in total. The highest BCUT2D eigenvalue weighted by Crippen LogP contribution is 2.16. The number of hydrogen-bond donors (Lipinski definition) is 3. The van der Waals surface area contributed by atoms with Gasteiger partial charge in [0.05, 0.1) is 0 Å². The first-order chi connectivity index (χ1) is 14.6. The fraction of sp³-hybridized carbons (Fsp3) is 0.381. The predicted molar refractivity (Wildman–Crippen MR) is 114 cm³/mol. The Morgan fingerprint density at radius 2 is 1.57 bits per heavy atom. The van der Waals surface area contributed by atoms with Gasteiger partial charge in [0.15, 0.2) is 11.5 Å². The topological polar surface area (TPSA) is 116 Å². The Bertz CT molecular complexity index is 877. The van der Waals surface area contributed by atoms with Gasteiger partial charge in [-0.2, -0.15) is 0 Å². The standard InChI is InChI=1S/C21H26N6O3/c1-2-19(28)24-16-7-5-15(6-8-16)20(29)22-11-12-23-21(30)17-9-10-18(26-25-17)27-13-3-4-14-27/h5-10H,2-4,11-14H2,1H3,(H,22,29)(H,23,30)(H,24,28). The number of benzene rings is 1. The molecule has 30 heavy (non-hydrogen) atoms. The molecule has 1 fully saturated rings. The summed E-state index contributed by atoms with van der Waals surface area (Å²) in [5, 5.41) is 16.3. The van der Waals surface area contributed by atoms with Gasteiger partial charge < -0.3 is 20.9 Å². The van der Waals surface area contributed by atoms with Gasteiger partial charge in [-0.05, 0) is 49.2 Å². The zero-order valence-electron chi connectivity index (χ0n) is 17.0. The van der Waals surface area contributed by atoms with Crippen molar-refractivity contribution in [2.45, 2.75) is 26.2 Å². The van der Waals surface area contributed by atoms with Gasteiger partial charge in [0, 0.05) is 43.9 Å². The summed E-state index contributed by atoms with van der Waals surface area (Å²) in [5.41, 5.74) is 1.36. The van der Waals surface area contributed by atoms with Crippen molar-refractivity contribution in [3.63, 3.8) is 0 Å². The van der Waals surface area contributed by atoms with Gasteiger partial charge >= 0.3 is 0 Å². The molecule has 3 rings (SSSR count). The fourth-order valence-electron chi connectivity index (χ4n) is 3.06. The van der Waals surface area contributed by atoms with Crippen LogP contribution in [0.15, 0.2) is 36.4 Å². The van der Waals surface area contributed by atoms with Crippen LogP contribution in [0.25, 0.3) is 0 Å². The van der Waals surface area contributed by atoms with Crippen molar-refractivity contribution in [1.29, 1.82) is 0 Å². The maximum Gasteiger partial charge on any atom is 0.271 e. The van der Waals surface area contributed by atoms with E-state index in [9.17, 15) is 14.4 Å². The van der Waals surface area contributed by atoms with Gasteiger partial charge in [-0.1, -0.05) is 6.92 Å². The molecule has 1 aliphatic heterocycles. The number of hydrogen-bond acceptors (Lipinski definition) is 6. The number of nitrogens with zero attached hydrogens (tertiary/aromatic N) is 3. The number of aromatic nitrogens is 2. The number of carbonyl (C=O) groups is 3. The number of carbonyl (C=O) groups excluding carboxylic acids is 3. The Labute approximate surface area is 175 Å². The highest BCUT2D eigenvalue weighted by molar-refractivity contribution is 5.96. The van der Waals surface area contributed by atoms with Crippen molar-refractivity contribution >= 4 is 29.2 Å². The van der Waals surface area contributed by atoms with Gasteiger partial charge in [-0.25, -0.2) is 0 Å². The van der Waals surface area contributed by atoms with E-state index in [4.69, 9.17) is 0 Å². The van der Waals surface area contributed by atoms with Crippen LogP contribution in [0, 0.1) is 0 Å². The number of amides is 3. The SMILES string of the molecule is CCC(=O)Nc1ccc(C(=O)NCCNC(=O)c2ccc(N3CCCC3)nn2)cc1. The van der Waals surface area contributed by atoms with E-state index in [1.165, 1.54) is 0 Å². The molecule has 0 bridgehead atoms. The molecule has 1 aromatic heterocycles. The summed E-state index contributed by atoms with van der Waals surface area (Å²) < 4.78 is 0. The normalized spacial score (nSPS) is 13.0. The third kappa shape index (κ3) is 5.76. The minimum absolute atomic E-state index is 0.0849. The van der Waals surface area contributed by atoms with Crippen LogP contribution in [-0.2, 0) is 4.79 Å². The quantitative estimate of drug-likeness (QED) is 0.569. The lowest BCUT2D eigenvalue weighted by molar-refractivity contribution is -0.115. The first-order valence-corrected chi connectivity index (χ1v) is 10.1. The molecule has 2 aromatic rings. The van der Waals surface area contributed by atoms with Crippen LogP contribution in [0.2, 0.25) is 0 Å². The maximum atomic E-state index is 12.2. The monoisotopic (exact) mass is 410 g/mol. The zero-order chi connectivity index (χ0) is 21.3. The van der Waals surface area contributed by atoms with E-state index in [2.05, 4.69) is 31.0 Å². The van der Waals surface area contributed by atoms with E-state index < -0.39 is 0 Å². The van der Waals surface area contributed by atoms with E-state index in [0.717, 1.165) is 31.7 Å². The van der Waals surface area contributed by atoms with Crippen molar-refractivity contribution in [3.8, 4) is 0 Å². The van der Waals surface area contributed by atoms with Gasteiger partial charge in [-0.15, -0.1) is 10.2 Å². The summed E-state index contributed by atoms with van der Waals surface area (Å²) in [7, 11) is 0. The zero-order valence-corrected chi connectivity index (χ0v) is 17.0. The van der Waals surface area contributed by atoms with E-state index in [0.29, 0.717) is 17.7 Å². The van der Waals surface area contributed by atoms with Crippen molar-refractivity contribution in [2.75, 3.05) is 36.4 Å². The van der Waals surface area contributed by atoms with Crippen molar-refractivity contribution in [1.82, 2.24) is 20.8 Å². The second kappa shape index (κ2) is 10.3. The van der Waals surface area contributed by atoms with Gasteiger partial charge in [0.1, 0.15) is 0 Å². The molecular weight excluding hydrogens is 384 g/mol. The molecule has 9 heteroatoms. The lowest BCUT2D eigenvalue weighted by Crippen LogP contribution is -2.35. The second-order valence-electron chi connectivity index (χ2n) is 6.96. The molecule has 1 saturated heterocycles. The Balaban J connectivity index is 1.40. The molecule has 3 amide bonds. The third-order valence-corrected chi connectivity index (χ3v) is 4.76. The van der Waals surface area contributed by atoms with Crippen LogP contribution in [0.5, 0.6) is 0 Å². The van der Waals surface area contributed by atoms with E-state index in [1.807, 2.05) is 6.07 Å². The lowest BCUT2D eigenvalue weighted by atomic mass is 10.2. The van der Waals surface area contributed by atoms with Crippen LogP contribution in [0.1, 0.15) is 47.0 Å². The second-order valence-corrected chi connectivity index (χ2v) is 6.96. The van der Waals surface area contributed by atoms with Crippen LogP contribution in [-0.4, -0.2) is 54.1 Å². The average molecular weight is 410 g/mol. The summed E-state index contributed by atoms with van der Waals surface area (Å²) in [6.07, 6.45) is 2.69. The number of anilines is 2. The summed E-state index contributed by atoms with van der Waals surface area (Å²) >= 11 is 0. The molecule has 3 N–H and O–H groups in total. The molecule has 0 radical (unpaired) electrons. The number of rotatable bonds is 8. The molecular formula is C21H26N6O3. The first kappa shape index (κ1) is 21.2. The summed E-state index contributed by atoms with van der Waals surface area (Å²) in [6, 6.07) is 10.1. The highest BCUT2D eigenvalue weighted by atomic mass is 16.2. The summed E-state index contributed by atoms with van der Waals surface area (Å²) in [5.74, 6) is 0.114. The van der Waals surface area contributed by atoms with Gasteiger partial charge in [0.25, 0.3) is 11.8 Å². The third-order valence-electron chi connectivity index (χ3n) is 4.76. The predicted octanol–water partition coefficient (Wildman–Crippen LogP) is 1.59. The first-order valence-electron chi connectivity index (χ1n) is 10.1. The Morgan fingerprint density at radius 3 is 2.17 bits per heavy atom. The molecule has 1 aliphatic rings. The molecule has 0 spiro atoms. The van der Waals surface area contributed by atoms with Crippen molar-refractivity contribution in [3.05, 3.63) is 47.7 Å². The molecule has 1 aromatic carbocycles. The van der Waals surface area contributed by atoms with Crippen LogP contribution < -0.4 is 20.9 Å². The molecule has 0 atom stereocenters. The van der Waals surface area contributed by atoms with Gasteiger partial charge in [0.2, 0.25) is 5.91 Å². The van der Waals surface area contributed by atoms with E-state index in [-0.39, 0.29) is 36.5 Å². The maximum absolute atomic E-state index is 12.2. The van der Waals surface area contributed by atoms with Gasteiger partial charge in [-0.3, -0.25) is 14.4 Å². The average Bonchev–Trinajstić information content (AvgIpc) is 3.32. The number of nitrogens with one attached hydrogen (secondary N) is 3. The lowest BCUT2D eigenvalue weighted by Gasteiger charge is -2.15. The minimum atomic E-state index is -0.333. The highest BCUT2D eigenvalue weighted by Gasteiger charge is 2.15. The molecule has 158 valence electrons. The smallest absolute Gasteiger partial charge is 0.271 e. The largest absolute Gasteiger partial charge is 0.355 e. The Hall–Kier alpha value is -3.49. The Morgan fingerprint density at radius 1 is 0.900 bits per heavy atom. The fourth-order valence-corrected chi connectivity index (χ4v) is 3.06. The van der Waals surface area contributed by atoms with Crippen LogP contribution in [0.4, 0.5) is 11.5 Å². The molecule has 0 unspecified atom stereocenters. The van der Waals surface area contributed by atoms with E-state index in [1.54, 1.807) is 37.3 Å². The van der Waals surface area contributed by atoms with Crippen LogP contribution in [0.3, 0.4) is 0 Å². The van der Waals surface area contributed by atoms with Crippen molar-refractivity contribution < 1.29 is 14.4 Å². The summed E-state index contributed by atoms with van der Waals surface area (Å²) in [4.78, 5) is 37.9. The van der Waals surface area contributed by atoms with Crippen molar-refractivity contribution in [2.24, 2.45) is 0 Å². The van der Waals surface area contributed by atoms with Crippen LogP contribution >= 0.6 is 0 Å².